The number of hydrogen-bond donors (Lipinski definition) is 1. The minimum Gasteiger partial charge on any atom is -0.483 e. The first-order valence-electron chi connectivity index (χ1n) is 13.4. The molecule has 2 aliphatic heterocycles. The maximum Gasteiger partial charge on any atom is 0.341 e. The van der Waals surface area contributed by atoms with E-state index in [0.29, 0.717) is 34.6 Å². The van der Waals surface area contributed by atoms with Crippen LogP contribution in [0.5, 0.6) is 5.75 Å². The molecule has 0 spiro atoms. The lowest BCUT2D eigenvalue weighted by molar-refractivity contribution is 0.0256. The number of aryl methyl sites for hydroxylation is 1. The number of urea groups is 1. The molecule has 3 amide bonds. The van der Waals surface area contributed by atoms with Crippen LogP contribution in [0, 0.1) is 24.4 Å². The van der Waals surface area contributed by atoms with Crippen LogP contribution in [0.4, 0.5) is 18.0 Å². The van der Waals surface area contributed by atoms with Crippen molar-refractivity contribution in [2.24, 2.45) is 12.1 Å². The van der Waals surface area contributed by atoms with Crippen LogP contribution < -0.4 is 10.1 Å². The Hall–Kier alpha value is -4.42. The van der Waals surface area contributed by atoms with Gasteiger partial charge in [0.1, 0.15) is 29.1 Å². The van der Waals surface area contributed by atoms with Crippen LogP contribution in [0.1, 0.15) is 53.3 Å². The first kappa shape index (κ1) is 26.8. The summed E-state index contributed by atoms with van der Waals surface area (Å²) in [7, 11) is 1.67. The Morgan fingerprint density at radius 2 is 1.80 bits per heavy atom. The van der Waals surface area contributed by atoms with E-state index in [-0.39, 0.29) is 30.8 Å². The number of hydrogen-bond acceptors (Lipinski definition) is 6. The molecule has 1 saturated heterocycles. The molecule has 2 aromatic heterocycles. The SMILES string of the molecule is Cc1c(-c2cc(OC3CN(C(=O)N4N=CC[C@H]4c4cc(F)cc(F)c4)C3)c(F)cn2)nn(C)c1C(=O)NC1CCC1. The molecule has 0 unspecified atom stereocenters. The van der Waals surface area contributed by atoms with E-state index in [4.69, 9.17) is 4.74 Å². The standard InChI is InChI=1S/C28H28F3N7O3/c1-15-25(35-36(2)26(15)27(39)34-19-4-3-5-19)22-11-24(21(31)12-32-22)41-20-13-37(14-20)28(40)38-23(6-7-33-38)16-8-17(29)10-18(30)9-16/h7-12,19-20,23H,3-6,13-14H2,1-2H3,(H,34,39)/t23-/m0/s1. The number of nitrogens with one attached hydrogen (secondary N) is 1. The summed E-state index contributed by atoms with van der Waals surface area (Å²) in [5.74, 6) is -2.40. The van der Waals surface area contributed by atoms with Gasteiger partial charge in [-0.1, -0.05) is 0 Å². The van der Waals surface area contributed by atoms with Crippen LogP contribution in [0.25, 0.3) is 11.4 Å². The highest BCUT2D eigenvalue weighted by molar-refractivity contribution is 5.95. The molecule has 1 N–H and O–H groups in total. The van der Waals surface area contributed by atoms with E-state index in [9.17, 15) is 22.8 Å². The molecule has 1 atom stereocenters. The Morgan fingerprint density at radius 1 is 1.07 bits per heavy atom. The van der Waals surface area contributed by atoms with Crippen LogP contribution in [0.2, 0.25) is 0 Å². The van der Waals surface area contributed by atoms with Crippen molar-refractivity contribution in [1.29, 1.82) is 0 Å². The van der Waals surface area contributed by atoms with E-state index in [2.05, 4.69) is 20.5 Å². The third kappa shape index (κ3) is 5.11. The zero-order valence-electron chi connectivity index (χ0n) is 22.5. The first-order valence-corrected chi connectivity index (χ1v) is 13.4. The third-order valence-electron chi connectivity index (χ3n) is 7.71. The van der Waals surface area contributed by atoms with Gasteiger partial charge in [0, 0.05) is 43.4 Å². The summed E-state index contributed by atoms with van der Waals surface area (Å²) in [6.07, 6.45) is 5.40. The summed E-state index contributed by atoms with van der Waals surface area (Å²) in [5, 5.41) is 12.8. The highest BCUT2D eigenvalue weighted by atomic mass is 19.1. The first-order chi connectivity index (χ1) is 19.7. The van der Waals surface area contributed by atoms with Gasteiger partial charge in [0.2, 0.25) is 0 Å². The summed E-state index contributed by atoms with van der Waals surface area (Å²) in [5.41, 5.74) is 2.13. The quantitative estimate of drug-likeness (QED) is 0.483. The van der Waals surface area contributed by atoms with Crippen LogP contribution >= 0.6 is 0 Å². The summed E-state index contributed by atoms with van der Waals surface area (Å²) in [6, 6.07) is 3.67. The smallest absolute Gasteiger partial charge is 0.341 e. The molecule has 1 saturated carbocycles. The minimum atomic E-state index is -0.732. The van der Waals surface area contributed by atoms with Gasteiger partial charge in [-0.2, -0.15) is 10.2 Å². The number of likely N-dealkylation sites (tertiary alicyclic amines) is 1. The highest BCUT2D eigenvalue weighted by Gasteiger charge is 2.39. The van der Waals surface area contributed by atoms with Crippen molar-refractivity contribution >= 4 is 18.2 Å². The lowest BCUT2D eigenvalue weighted by Gasteiger charge is -2.41. The Balaban J connectivity index is 1.12. The van der Waals surface area contributed by atoms with Crippen molar-refractivity contribution in [3.05, 3.63) is 64.7 Å². The molecule has 4 heterocycles. The molecular weight excluding hydrogens is 539 g/mol. The van der Waals surface area contributed by atoms with E-state index < -0.39 is 35.6 Å². The van der Waals surface area contributed by atoms with Crippen molar-refractivity contribution < 1.29 is 27.5 Å². The number of halogens is 3. The zero-order chi connectivity index (χ0) is 28.8. The van der Waals surface area contributed by atoms with Crippen LogP contribution in [-0.2, 0) is 7.05 Å². The van der Waals surface area contributed by atoms with Gasteiger partial charge >= 0.3 is 6.03 Å². The predicted molar refractivity (Wildman–Crippen MR) is 142 cm³/mol. The van der Waals surface area contributed by atoms with Gasteiger partial charge in [-0.05, 0) is 43.9 Å². The van der Waals surface area contributed by atoms with E-state index in [1.54, 1.807) is 14.0 Å². The number of benzene rings is 1. The van der Waals surface area contributed by atoms with Crippen molar-refractivity contribution in [2.75, 3.05) is 13.1 Å². The number of nitrogens with zero attached hydrogens (tertiary/aromatic N) is 6. The highest BCUT2D eigenvalue weighted by Crippen LogP contribution is 2.33. The second kappa shape index (κ2) is 10.5. The average molecular weight is 568 g/mol. The molecule has 10 nitrogen and oxygen atoms in total. The van der Waals surface area contributed by atoms with Gasteiger partial charge in [-0.25, -0.2) is 23.0 Å². The Labute approximate surface area is 233 Å². The average Bonchev–Trinajstić information content (AvgIpc) is 3.48. The van der Waals surface area contributed by atoms with Crippen molar-refractivity contribution in [1.82, 2.24) is 30.0 Å². The Bertz CT molecular complexity index is 1530. The Kier molecular flexibility index (Phi) is 6.88. The van der Waals surface area contributed by atoms with Gasteiger partial charge in [0.15, 0.2) is 11.6 Å². The number of amides is 3. The lowest BCUT2D eigenvalue weighted by Crippen LogP contribution is -2.58. The molecule has 2 fully saturated rings. The molecule has 1 aromatic carbocycles. The molecule has 0 radical (unpaired) electrons. The maximum atomic E-state index is 14.7. The molecule has 3 aliphatic rings. The third-order valence-corrected chi connectivity index (χ3v) is 7.71. The van der Waals surface area contributed by atoms with Crippen molar-refractivity contribution in [3.63, 3.8) is 0 Å². The molecule has 214 valence electrons. The van der Waals surface area contributed by atoms with Crippen LogP contribution in [0.15, 0.2) is 35.6 Å². The van der Waals surface area contributed by atoms with Gasteiger partial charge in [-0.3, -0.25) is 14.5 Å². The van der Waals surface area contributed by atoms with E-state index in [1.165, 1.54) is 39.0 Å². The molecular formula is C28H28F3N7O3. The zero-order valence-corrected chi connectivity index (χ0v) is 22.5. The topological polar surface area (TPSA) is 105 Å². The molecule has 13 heteroatoms. The van der Waals surface area contributed by atoms with Gasteiger partial charge in [0.05, 0.1) is 31.0 Å². The number of pyridine rings is 1. The number of rotatable bonds is 6. The second-order valence-electron chi connectivity index (χ2n) is 10.6. The largest absolute Gasteiger partial charge is 0.483 e. The van der Waals surface area contributed by atoms with Gasteiger partial charge in [-0.15, -0.1) is 0 Å². The van der Waals surface area contributed by atoms with Gasteiger partial charge in [0.25, 0.3) is 5.91 Å². The number of carbonyl (C=O) groups excluding carboxylic acids is 2. The van der Waals surface area contributed by atoms with E-state index in [0.717, 1.165) is 31.5 Å². The second-order valence-corrected chi connectivity index (χ2v) is 10.6. The fourth-order valence-corrected chi connectivity index (χ4v) is 5.27. The normalized spacial score (nSPS) is 18.8. The number of aromatic nitrogens is 3. The predicted octanol–water partition coefficient (Wildman–Crippen LogP) is 4.11. The van der Waals surface area contributed by atoms with Crippen LogP contribution in [-0.4, -0.2) is 68.1 Å². The molecule has 6 rings (SSSR count). The summed E-state index contributed by atoms with van der Waals surface area (Å²) >= 11 is 0. The summed E-state index contributed by atoms with van der Waals surface area (Å²) in [4.78, 5) is 31.5. The number of hydrazone groups is 1. The van der Waals surface area contributed by atoms with Crippen LogP contribution in [0.3, 0.4) is 0 Å². The maximum absolute atomic E-state index is 14.7. The van der Waals surface area contributed by atoms with E-state index >= 15 is 0 Å². The monoisotopic (exact) mass is 567 g/mol. The lowest BCUT2D eigenvalue weighted by atomic mass is 9.93. The molecule has 41 heavy (non-hydrogen) atoms. The minimum absolute atomic E-state index is 0.0510. The van der Waals surface area contributed by atoms with E-state index in [1.807, 2.05) is 0 Å². The number of ether oxygens (including phenoxy) is 1. The molecule has 1 aliphatic carbocycles. The summed E-state index contributed by atoms with van der Waals surface area (Å²) < 4.78 is 49.5. The van der Waals surface area contributed by atoms with Gasteiger partial charge < -0.3 is 15.0 Å². The molecule has 3 aromatic rings. The Morgan fingerprint density at radius 3 is 2.49 bits per heavy atom. The summed E-state index contributed by atoms with van der Waals surface area (Å²) in [6.45, 7) is 2.10. The molecule has 0 bridgehead atoms. The van der Waals surface area contributed by atoms with Crippen molar-refractivity contribution in [2.45, 2.75) is 50.8 Å². The fraction of sp³-hybridized carbons (Fsp3) is 0.393. The fourth-order valence-electron chi connectivity index (χ4n) is 5.27. The number of carbonyl (C=O) groups is 2. The van der Waals surface area contributed by atoms with Crippen molar-refractivity contribution in [3.8, 4) is 17.1 Å².